The van der Waals surface area contributed by atoms with Crippen molar-refractivity contribution >= 4 is 17.5 Å². The van der Waals surface area contributed by atoms with Crippen LogP contribution in [0.3, 0.4) is 0 Å². The predicted molar refractivity (Wildman–Crippen MR) is 76.6 cm³/mol. The third-order valence-corrected chi connectivity index (χ3v) is 3.02. The van der Waals surface area contributed by atoms with E-state index < -0.39 is 0 Å². The number of methoxy groups -OCH3 is 1. The minimum atomic E-state index is 0.118. The minimum Gasteiger partial charge on any atom is -0.377 e. The van der Waals surface area contributed by atoms with Crippen LogP contribution in [0, 0.1) is 0 Å². The van der Waals surface area contributed by atoms with Crippen LogP contribution in [0.2, 0.25) is 0 Å². The Morgan fingerprint density at radius 2 is 2.15 bits per heavy atom. The van der Waals surface area contributed by atoms with E-state index in [0.29, 0.717) is 25.4 Å². The molecular weight excluding hydrogens is 258 g/mol. The zero-order valence-electron chi connectivity index (χ0n) is 11.9. The Labute approximate surface area is 118 Å². The van der Waals surface area contributed by atoms with Crippen molar-refractivity contribution in [2.24, 2.45) is 0 Å². The molecule has 0 radical (unpaired) electrons. The van der Waals surface area contributed by atoms with Gasteiger partial charge in [0, 0.05) is 38.7 Å². The van der Waals surface area contributed by atoms with E-state index in [4.69, 9.17) is 4.74 Å². The molecule has 7 heteroatoms. The number of amides is 1. The van der Waals surface area contributed by atoms with Crippen LogP contribution in [-0.2, 0) is 16.1 Å². The number of hydrogen-bond donors (Lipinski definition) is 3. The van der Waals surface area contributed by atoms with Crippen molar-refractivity contribution in [2.75, 3.05) is 30.8 Å². The molecule has 7 nitrogen and oxygen atoms in total. The van der Waals surface area contributed by atoms with E-state index >= 15 is 0 Å². The number of nitrogens with zero attached hydrogens (tertiary/aromatic N) is 2. The van der Waals surface area contributed by atoms with Crippen molar-refractivity contribution in [2.45, 2.75) is 32.4 Å². The second-order valence-electron chi connectivity index (χ2n) is 4.70. The van der Waals surface area contributed by atoms with Gasteiger partial charge in [-0.2, -0.15) is 0 Å². The molecule has 1 aliphatic heterocycles. The zero-order valence-corrected chi connectivity index (χ0v) is 11.9. The van der Waals surface area contributed by atoms with Gasteiger partial charge < -0.3 is 20.7 Å². The highest BCUT2D eigenvalue weighted by Crippen LogP contribution is 2.13. The van der Waals surface area contributed by atoms with E-state index in [1.54, 1.807) is 7.11 Å². The first-order valence-electron chi connectivity index (χ1n) is 6.85. The van der Waals surface area contributed by atoms with Crippen LogP contribution in [-0.4, -0.2) is 42.1 Å². The van der Waals surface area contributed by atoms with Crippen molar-refractivity contribution in [3.05, 3.63) is 11.9 Å². The van der Waals surface area contributed by atoms with Crippen LogP contribution in [0.1, 0.15) is 25.6 Å². The summed E-state index contributed by atoms with van der Waals surface area (Å²) in [6.45, 7) is 3.84. The summed E-state index contributed by atoms with van der Waals surface area (Å²) in [7, 11) is 1.62. The molecule has 0 aromatic carbocycles. The second-order valence-corrected chi connectivity index (χ2v) is 4.70. The lowest BCUT2D eigenvalue weighted by Crippen LogP contribution is -2.32. The van der Waals surface area contributed by atoms with Gasteiger partial charge in [0.05, 0.1) is 0 Å². The Morgan fingerprint density at radius 1 is 1.40 bits per heavy atom. The molecule has 1 saturated heterocycles. The third kappa shape index (κ3) is 4.06. The highest BCUT2D eigenvalue weighted by molar-refractivity contribution is 5.78. The first-order valence-corrected chi connectivity index (χ1v) is 6.85. The van der Waals surface area contributed by atoms with E-state index in [9.17, 15) is 4.79 Å². The van der Waals surface area contributed by atoms with Crippen LogP contribution in [0.25, 0.3) is 0 Å². The van der Waals surface area contributed by atoms with Gasteiger partial charge in [0.25, 0.3) is 0 Å². The van der Waals surface area contributed by atoms with Crippen molar-refractivity contribution in [3.8, 4) is 0 Å². The summed E-state index contributed by atoms with van der Waals surface area (Å²) >= 11 is 0. The highest BCUT2D eigenvalue weighted by Gasteiger charge is 2.20. The van der Waals surface area contributed by atoms with Gasteiger partial charge in [-0.25, -0.2) is 9.97 Å². The fraction of sp³-hybridized carbons (Fsp3) is 0.615. The molecule has 0 bridgehead atoms. The average molecular weight is 279 g/mol. The number of anilines is 2. The fourth-order valence-corrected chi connectivity index (χ4v) is 2.11. The molecule has 3 N–H and O–H groups in total. The van der Waals surface area contributed by atoms with Gasteiger partial charge in [-0.1, -0.05) is 0 Å². The van der Waals surface area contributed by atoms with Gasteiger partial charge in [-0.3, -0.25) is 4.79 Å². The van der Waals surface area contributed by atoms with Crippen molar-refractivity contribution in [3.63, 3.8) is 0 Å². The van der Waals surface area contributed by atoms with Crippen molar-refractivity contribution in [1.29, 1.82) is 0 Å². The molecule has 1 aliphatic rings. The number of hydrogen-bond acceptors (Lipinski definition) is 6. The molecule has 1 atom stereocenters. The molecule has 0 saturated carbocycles. The molecule has 1 unspecified atom stereocenters. The summed E-state index contributed by atoms with van der Waals surface area (Å²) in [5.41, 5.74) is 0. The number of carbonyl (C=O) groups excluding carboxylic acids is 1. The summed E-state index contributed by atoms with van der Waals surface area (Å²) in [6, 6.07) is 2.03. The van der Waals surface area contributed by atoms with E-state index in [-0.39, 0.29) is 11.9 Å². The van der Waals surface area contributed by atoms with Gasteiger partial charge in [0.15, 0.2) is 5.82 Å². The van der Waals surface area contributed by atoms with Gasteiger partial charge in [0.2, 0.25) is 5.91 Å². The molecule has 1 amide bonds. The Morgan fingerprint density at radius 3 is 2.75 bits per heavy atom. The topological polar surface area (TPSA) is 88.2 Å². The van der Waals surface area contributed by atoms with Gasteiger partial charge in [-0.05, 0) is 13.3 Å². The van der Waals surface area contributed by atoms with Crippen LogP contribution in [0.15, 0.2) is 6.07 Å². The summed E-state index contributed by atoms with van der Waals surface area (Å²) in [6.07, 6.45) is 1.47. The largest absolute Gasteiger partial charge is 0.377 e. The predicted octanol–water partition coefficient (Wildman–Crippen LogP) is 0.745. The Kier molecular flexibility index (Phi) is 5.11. The van der Waals surface area contributed by atoms with Gasteiger partial charge in [0.1, 0.15) is 18.2 Å². The maximum Gasteiger partial charge on any atom is 0.220 e. The van der Waals surface area contributed by atoms with Crippen molar-refractivity contribution in [1.82, 2.24) is 15.3 Å². The van der Waals surface area contributed by atoms with E-state index in [1.165, 1.54) is 0 Å². The number of rotatable bonds is 7. The highest BCUT2D eigenvalue weighted by atomic mass is 16.5. The summed E-state index contributed by atoms with van der Waals surface area (Å²) in [5, 5.41) is 9.33. The average Bonchev–Trinajstić information content (AvgIpc) is 2.83. The summed E-state index contributed by atoms with van der Waals surface area (Å²) in [5.74, 6) is 2.26. The SMILES string of the molecule is CCNc1cc(NCC2CCC(=O)N2)nc(COC)n1. The lowest BCUT2D eigenvalue weighted by atomic mass is 10.2. The van der Waals surface area contributed by atoms with Crippen LogP contribution in [0.5, 0.6) is 0 Å². The molecular formula is C13H21N5O2. The molecule has 2 rings (SSSR count). The smallest absolute Gasteiger partial charge is 0.220 e. The standard InChI is InChI=1S/C13H21N5O2/c1-3-14-10-6-11(18-12(17-10)8-20-2)15-7-9-4-5-13(19)16-9/h6,9H,3-5,7-8H2,1-2H3,(H,16,19)(H2,14,15,17,18). The molecule has 110 valence electrons. The number of ether oxygens (including phenoxy) is 1. The van der Waals surface area contributed by atoms with Crippen LogP contribution in [0.4, 0.5) is 11.6 Å². The summed E-state index contributed by atoms with van der Waals surface area (Å²) in [4.78, 5) is 19.9. The molecule has 1 fully saturated rings. The number of carbonyl (C=O) groups is 1. The van der Waals surface area contributed by atoms with E-state index in [2.05, 4.69) is 25.9 Å². The summed E-state index contributed by atoms with van der Waals surface area (Å²) < 4.78 is 5.07. The Bertz CT molecular complexity index is 442. The maximum atomic E-state index is 11.2. The molecule has 0 aliphatic carbocycles. The number of nitrogens with one attached hydrogen (secondary N) is 3. The van der Waals surface area contributed by atoms with Crippen molar-refractivity contribution < 1.29 is 9.53 Å². The third-order valence-electron chi connectivity index (χ3n) is 3.02. The molecule has 1 aromatic heterocycles. The molecule has 1 aromatic rings. The lowest BCUT2D eigenvalue weighted by Gasteiger charge is -2.13. The first kappa shape index (κ1) is 14.5. The zero-order chi connectivity index (χ0) is 14.4. The Balaban J connectivity index is 1.99. The quantitative estimate of drug-likeness (QED) is 0.682. The monoisotopic (exact) mass is 279 g/mol. The minimum absolute atomic E-state index is 0.118. The van der Waals surface area contributed by atoms with Gasteiger partial charge in [-0.15, -0.1) is 0 Å². The van der Waals surface area contributed by atoms with E-state index in [1.807, 2.05) is 13.0 Å². The van der Waals surface area contributed by atoms with Crippen LogP contribution < -0.4 is 16.0 Å². The first-order chi connectivity index (χ1) is 9.71. The number of aromatic nitrogens is 2. The maximum absolute atomic E-state index is 11.2. The Hall–Kier alpha value is -1.89. The van der Waals surface area contributed by atoms with E-state index in [0.717, 1.165) is 24.6 Å². The van der Waals surface area contributed by atoms with Gasteiger partial charge >= 0.3 is 0 Å². The molecule has 2 heterocycles. The lowest BCUT2D eigenvalue weighted by molar-refractivity contribution is -0.119. The molecule has 20 heavy (non-hydrogen) atoms. The van der Waals surface area contributed by atoms with Crippen LogP contribution >= 0.6 is 0 Å². The second kappa shape index (κ2) is 7.04. The fourth-order valence-electron chi connectivity index (χ4n) is 2.11. The molecule has 0 spiro atoms. The normalized spacial score (nSPS) is 17.9.